The molecule has 0 saturated heterocycles. The molecule has 2 heterocycles. The van der Waals surface area contributed by atoms with Crippen LogP contribution in [0, 0.1) is 12.8 Å². The second-order valence-electron chi connectivity index (χ2n) is 5.96. The Morgan fingerprint density at radius 2 is 2.12 bits per heavy atom. The van der Waals surface area contributed by atoms with Gasteiger partial charge in [0, 0.05) is 21.5 Å². The topological polar surface area (TPSA) is 58.0 Å². The molecule has 0 aliphatic rings. The van der Waals surface area contributed by atoms with Gasteiger partial charge in [0.15, 0.2) is 5.13 Å². The molecule has 0 saturated carbocycles. The van der Waals surface area contributed by atoms with Crippen LogP contribution in [0.3, 0.4) is 0 Å². The second kappa shape index (κ2) is 7.58. The zero-order valence-corrected chi connectivity index (χ0v) is 17.7. The summed E-state index contributed by atoms with van der Waals surface area (Å²) in [7, 11) is 0. The van der Waals surface area contributed by atoms with Gasteiger partial charge in [0.25, 0.3) is 0 Å². The fraction of sp³-hybridized carbons (Fsp3) is 0.294. The molecule has 4 nitrogen and oxygen atoms in total. The van der Waals surface area contributed by atoms with E-state index in [-0.39, 0.29) is 35.3 Å². The zero-order chi connectivity index (χ0) is 16.7. The summed E-state index contributed by atoms with van der Waals surface area (Å²) in [6, 6.07) is 5.80. The first kappa shape index (κ1) is 19.5. The van der Waals surface area contributed by atoms with E-state index in [1.165, 1.54) is 22.3 Å². The average molecular weight is 371 g/mol. The van der Waals surface area contributed by atoms with Gasteiger partial charge < -0.3 is 9.90 Å². The molecule has 0 amide bonds. The Labute approximate surface area is 171 Å². The van der Waals surface area contributed by atoms with Crippen LogP contribution in [0.5, 0.6) is 0 Å². The van der Waals surface area contributed by atoms with Crippen LogP contribution in [-0.2, 0) is 6.42 Å². The Bertz CT molecular complexity index is 902. The summed E-state index contributed by atoms with van der Waals surface area (Å²) >= 11 is 7.45. The Hall–Kier alpha value is -0.850. The van der Waals surface area contributed by atoms with E-state index < -0.39 is 5.97 Å². The van der Waals surface area contributed by atoms with E-state index in [9.17, 15) is 9.90 Å². The van der Waals surface area contributed by atoms with E-state index in [2.05, 4.69) is 18.8 Å². The van der Waals surface area contributed by atoms with Crippen LogP contribution in [0.25, 0.3) is 16.0 Å². The summed E-state index contributed by atoms with van der Waals surface area (Å²) in [5.41, 5.74) is 3.22. The van der Waals surface area contributed by atoms with Crippen molar-refractivity contribution in [1.29, 1.82) is 0 Å². The molecule has 0 spiro atoms. The molecule has 120 valence electrons. The van der Waals surface area contributed by atoms with E-state index in [0.717, 1.165) is 23.0 Å². The number of fused-ring (bicyclic) bond motifs is 1. The first-order chi connectivity index (χ1) is 10.9. The van der Waals surface area contributed by atoms with Crippen molar-refractivity contribution in [3.8, 4) is 5.13 Å². The molecule has 24 heavy (non-hydrogen) atoms. The molecule has 3 rings (SSSR count). The van der Waals surface area contributed by atoms with Gasteiger partial charge in [-0.15, -0.1) is 11.3 Å². The number of carboxylic acid groups (broad SMARTS) is 1. The van der Waals surface area contributed by atoms with E-state index in [4.69, 9.17) is 11.6 Å². The number of hydrogen-bond donors (Lipinski definition) is 0. The molecular formula is C17H16ClN2NaO2S. The third kappa shape index (κ3) is 3.55. The van der Waals surface area contributed by atoms with Gasteiger partial charge in [-0.1, -0.05) is 31.5 Å². The molecule has 0 radical (unpaired) electrons. The number of halogens is 1. The molecule has 1 aromatic carbocycles. The quantitative estimate of drug-likeness (QED) is 0.632. The molecule has 0 aliphatic heterocycles. The third-order valence-electron chi connectivity index (χ3n) is 3.80. The van der Waals surface area contributed by atoms with Crippen LogP contribution < -0.4 is 34.7 Å². The maximum absolute atomic E-state index is 11.0. The predicted molar refractivity (Wildman–Crippen MR) is 91.6 cm³/mol. The van der Waals surface area contributed by atoms with Crippen molar-refractivity contribution in [3.63, 3.8) is 0 Å². The third-order valence-corrected chi connectivity index (χ3v) is 4.86. The largest absolute Gasteiger partial charge is 1.00 e. The Balaban J connectivity index is 0.00000208. The number of thiazole rings is 1. The molecular weight excluding hydrogens is 355 g/mol. The van der Waals surface area contributed by atoms with Crippen molar-refractivity contribution in [3.05, 3.63) is 45.6 Å². The molecule has 0 aliphatic carbocycles. The van der Waals surface area contributed by atoms with E-state index in [0.29, 0.717) is 16.1 Å². The van der Waals surface area contributed by atoms with Crippen LogP contribution in [-0.4, -0.2) is 15.5 Å². The summed E-state index contributed by atoms with van der Waals surface area (Å²) in [4.78, 5) is 15.2. The van der Waals surface area contributed by atoms with Gasteiger partial charge in [-0.2, -0.15) is 0 Å². The SMILES string of the molecule is Cc1c(CC(C)C)c2ccc(Cl)cc2n1-c1nc(C(=O)[O-])cs1.[Na+]. The summed E-state index contributed by atoms with van der Waals surface area (Å²) in [6.07, 6.45) is 0.940. The summed E-state index contributed by atoms with van der Waals surface area (Å²) in [6.45, 7) is 6.39. The molecule has 0 N–H and O–H groups in total. The van der Waals surface area contributed by atoms with Crippen molar-refractivity contribution >= 4 is 39.8 Å². The molecule has 2 aromatic heterocycles. The molecule has 7 heteroatoms. The molecule has 0 bridgehead atoms. The molecule has 0 fully saturated rings. The van der Waals surface area contributed by atoms with Gasteiger partial charge in [0.05, 0.1) is 17.2 Å². The van der Waals surface area contributed by atoms with Gasteiger partial charge in [-0.05, 0) is 37.0 Å². The minimum atomic E-state index is -1.26. The molecule has 3 aromatic rings. The number of aromatic carboxylic acids is 1. The number of carbonyl (C=O) groups excluding carboxylic acids is 1. The number of carbonyl (C=O) groups is 1. The second-order valence-corrected chi connectivity index (χ2v) is 7.23. The van der Waals surface area contributed by atoms with E-state index >= 15 is 0 Å². The number of nitrogens with zero attached hydrogens (tertiary/aromatic N) is 2. The van der Waals surface area contributed by atoms with Gasteiger partial charge in [0.1, 0.15) is 0 Å². The van der Waals surface area contributed by atoms with Crippen molar-refractivity contribution < 1.29 is 39.5 Å². The van der Waals surface area contributed by atoms with Crippen LogP contribution in [0.15, 0.2) is 23.6 Å². The van der Waals surface area contributed by atoms with Crippen molar-refractivity contribution in [2.75, 3.05) is 0 Å². The summed E-state index contributed by atoms with van der Waals surface area (Å²) in [5, 5.41) is 14.9. The zero-order valence-electron chi connectivity index (χ0n) is 14.1. The number of carboxylic acids is 1. The number of aromatic nitrogens is 2. The predicted octanol–water partition coefficient (Wildman–Crippen LogP) is 0.615. The average Bonchev–Trinajstić information content (AvgIpc) is 3.03. The van der Waals surface area contributed by atoms with E-state index in [1.54, 1.807) is 0 Å². The summed E-state index contributed by atoms with van der Waals surface area (Å²) < 4.78 is 1.98. The first-order valence-corrected chi connectivity index (χ1v) is 8.61. The number of rotatable bonds is 4. The van der Waals surface area contributed by atoms with Crippen molar-refractivity contribution in [2.45, 2.75) is 27.2 Å². The van der Waals surface area contributed by atoms with Crippen LogP contribution >= 0.6 is 22.9 Å². The fourth-order valence-corrected chi connectivity index (χ4v) is 3.85. The van der Waals surface area contributed by atoms with E-state index in [1.807, 2.05) is 29.7 Å². The van der Waals surface area contributed by atoms with Gasteiger partial charge in [0.2, 0.25) is 0 Å². The Morgan fingerprint density at radius 1 is 1.42 bits per heavy atom. The van der Waals surface area contributed by atoms with Crippen LogP contribution in [0.1, 0.15) is 35.6 Å². The Kier molecular flexibility index (Phi) is 6.15. The van der Waals surface area contributed by atoms with Crippen molar-refractivity contribution in [1.82, 2.24) is 9.55 Å². The van der Waals surface area contributed by atoms with Crippen LogP contribution in [0.2, 0.25) is 5.02 Å². The molecule has 0 atom stereocenters. The van der Waals surface area contributed by atoms with Gasteiger partial charge >= 0.3 is 29.6 Å². The number of hydrogen-bond acceptors (Lipinski definition) is 4. The van der Waals surface area contributed by atoms with Gasteiger partial charge in [-0.3, -0.25) is 4.57 Å². The van der Waals surface area contributed by atoms with Gasteiger partial charge in [-0.25, -0.2) is 4.98 Å². The minimum absolute atomic E-state index is 0. The van der Waals surface area contributed by atoms with Crippen LogP contribution in [0.4, 0.5) is 0 Å². The maximum atomic E-state index is 11.0. The fourth-order valence-electron chi connectivity index (χ4n) is 2.83. The standard InChI is InChI=1S/C17H17ClN2O2S.Na/c1-9(2)6-13-10(3)20(15-7-11(18)4-5-12(13)15)17-19-14(8-23-17)16(21)22;/h4-5,7-9H,6H2,1-3H3,(H,21,22);/q;+1/p-1. The monoisotopic (exact) mass is 370 g/mol. The number of benzene rings is 1. The summed E-state index contributed by atoms with van der Waals surface area (Å²) in [5.74, 6) is -0.749. The smallest absolute Gasteiger partial charge is 0.543 e. The maximum Gasteiger partial charge on any atom is 1.00 e. The minimum Gasteiger partial charge on any atom is -0.543 e. The normalized spacial score (nSPS) is 11.0. The van der Waals surface area contributed by atoms with Crippen molar-refractivity contribution in [2.24, 2.45) is 5.92 Å². The molecule has 0 unspecified atom stereocenters. The first-order valence-electron chi connectivity index (χ1n) is 7.35. The Morgan fingerprint density at radius 3 is 2.71 bits per heavy atom.